The maximum atomic E-state index is 14.4. The van der Waals surface area contributed by atoms with Gasteiger partial charge in [0, 0.05) is 58.3 Å². The molecule has 1 amide bonds. The number of carbonyl (C=O) groups excluding carboxylic acids is 5. The van der Waals surface area contributed by atoms with Gasteiger partial charge in [0.2, 0.25) is 5.79 Å². The molecule has 0 radical (unpaired) electrons. The third-order valence-corrected chi connectivity index (χ3v) is 14.9. The predicted octanol–water partition coefficient (Wildman–Crippen LogP) is 7.81. The number of amides is 1. The molecule has 0 spiro atoms. The quantitative estimate of drug-likeness (QED) is 0.150. The van der Waals surface area contributed by atoms with Crippen LogP contribution in [-0.4, -0.2) is 114 Å². The average molecular weight is 936 g/mol. The maximum absolute atomic E-state index is 14.4. The van der Waals surface area contributed by atoms with Gasteiger partial charge in [0.05, 0.1) is 18.3 Å². The van der Waals surface area contributed by atoms with E-state index in [1.807, 2.05) is 58.1 Å². The van der Waals surface area contributed by atoms with Crippen LogP contribution >= 0.6 is 0 Å². The van der Waals surface area contributed by atoms with Gasteiger partial charge in [-0.05, 0) is 113 Å². The molecule has 3 heterocycles. The van der Waals surface area contributed by atoms with E-state index >= 15 is 0 Å². The van der Waals surface area contributed by atoms with Gasteiger partial charge in [-0.25, -0.2) is 4.79 Å². The number of nitrogens with zero attached hydrogens (tertiary/aromatic N) is 1. The molecule has 1 aliphatic carbocycles. The Morgan fingerprint density at radius 1 is 0.910 bits per heavy atom. The third kappa shape index (κ3) is 15.0. The Morgan fingerprint density at radius 2 is 1.64 bits per heavy atom. The summed E-state index contributed by atoms with van der Waals surface area (Å²) in [6.45, 7) is 16.7. The van der Waals surface area contributed by atoms with Crippen molar-refractivity contribution in [2.45, 2.75) is 188 Å². The largest absolute Gasteiger partial charge is 0.460 e. The number of Topliss-reactive ketones (excluding diaryl/α,β-unsaturated/α-hetero) is 3. The second-order valence-corrected chi connectivity index (χ2v) is 20.2. The summed E-state index contributed by atoms with van der Waals surface area (Å²) < 4.78 is 29.8. The molecule has 4 rings (SSSR count). The highest BCUT2D eigenvalue weighted by atomic mass is 16.6. The number of cyclic esters (lactones) is 1. The summed E-state index contributed by atoms with van der Waals surface area (Å²) in [6.07, 6.45) is 15.8. The number of methoxy groups -OCH3 is 2. The Hall–Kier alpha value is -3.93. The van der Waals surface area contributed by atoms with Crippen molar-refractivity contribution in [3.63, 3.8) is 0 Å². The number of aliphatic hydroxyl groups excluding tert-OH is 1. The van der Waals surface area contributed by atoms with Crippen LogP contribution < -0.4 is 0 Å². The molecule has 2 N–H and O–H groups in total. The predicted molar refractivity (Wildman–Crippen MR) is 256 cm³/mol. The molecule has 0 aromatic heterocycles. The molecule has 13 nitrogen and oxygen atoms in total. The fourth-order valence-electron chi connectivity index (χ4n) is 10.4. The van der Waals surface area contributed by atoms with E-state index in [9.17, 15) is 34.2 Å². The highest BCUT2D eigenvalue weighted by Crippen LogP contribution is 2.38. The van der Waals surface area contributed by atoms with Crippen molar-refractivity contribution >= 4 is 29.2 Å². The van der Waals surface area contributed by atoms with Gasteiger partial charge in [-0.1, -0.05) is 83.9 Å². The maximum Gasteiger partial charge on any atom is 0.329 e. The summed E-state index contributed by atoms with van der Waals surface area (Å²) in [4.78, 5) is 72.1. The van der Waals surface area contributed by atoms with E-state index in [2.05, 4.69) is 19.0 Å². The van der Waals surface area contributed by atoms with Crippen molar-refractivity contribution in [1.29, 1.82) is 0 Å². The van der Waals surface area contributed by atoms with E-state index in [1.54, 1.807) is 40.9 Å². The molecule has 3 fully saturated rings. The first-order valence-corrected chi connectivity index (χ1v) is 24.8. The lowest BCUT2D eigenvalue weighted by Gasteiger charge is -2.42. The number of aliphatic hydroxyl groups is 2. The molecule has 3 aliphatic heterocycles. The molecule has 4 aliphatic rings. The summed E-state index contributed by atoms with van der Waals surface area (Å²) in [7, 11) is 3.12. The Bertz CT molecular complexity index is 1890. The molecular weight excluding hydrogens is 855 g/mol. The number of rotatable bonds is 6. The van der Waals surface area contributed by atoms with Gasteiger partial charge >= 0.3 is 5.97 Å². The normalized spacial score (nSPS) is 36.8. The van der Waals surface area contributed by atoms with E-state index in [4.69, 9.17) is 23.7 Å². The van der Waals surface area contributed by atoms with Crippen molar-refractivity contribution in [3.8, 4) is 12.0 Å². The molecular formula is C54H81NO12. The van der Waals surface area contributed by atoms with Gasteiger partial charge in [-0.2, -0.15) is 0 Å². The van der Waals surface area contributed by atoms with Crippen LogP contribution in [0.1, 0.15) is 139 Å². The minimum absolute atomic E-state index is 0.0138. The van der Waals surface area contributed by atoms with E-state index in [0.29, 0.717) is 50.0 Å². The van der Waals surface area contributed by atoms with E-state index < -0.39 is 77.8 Å². The van der Waals surface area contributed by atoms with Gasteiger partial charge in [0.25, 0.3) is 11.7 Å². The number of fused-ring (bicyclic) bond motifs is 3. The summed E-state index contributed by atoms with van der Waals surface area (Å²) in [5.74, 6) is -4.49. The first-order chi connectivity index (χ1) is 31.7. The molecule has 12 unspecified atom stereocenters. The zero-order valence-corrected chi connectivity index (χ0v) is 42.2. The SMILES string of the molecule is CC#COC1CC2CC[C@@H](C)C(O)(O2)C(=O)C(=O)N2CCCC[C@H]2C(=O)OC(C(C)CC2CCC(C)C(OC)C2)CC(=O)C(C)=CC(C)C(O)C(OC)C(=O)[C@H](C)CC(C)C=CC=CC=C1C. The zero-order valence-electron chi connectivity index (χ0n) is 42.2. The number of carbonyl (C=O) groups is 5. The number of piperidine rings is 1. The van der Waals surface area contributed by atoms with Gasteiger partial charge in [-0.3, -0.25) is 19.2 Å². The average Bonchev–Trinajstić information content (AvgIpc) is 3.30. The number of hydrogen-bond donors (Lipinski definition) is 2. The highest BCUT2D eigenvalue weighted by Gasteiger charge is 2.53. The molecule has 67 heavy (non-hydrogen) atoms. The topological polar surface area (TPSA) is 175 Å². The van der Waals surface area contributed by atoms with Gasteiger partial charge in [-0.15, -0.1) is 0 Å². The van der Waals surface area contributed by atoms with Crippen LogP contribution in [-0.2, 0) is 47.7 Å². The van der Waals surface area contributed by atoms with Gasteiger partial charge in [0.1, 0.15) is 30.5 Å². The Balaban J connectivity index is 1.72. The summed E-state index contributed by atoms with van der Waals surface area (Å²) in [5.41, 5.74) is 1.16. The number of hydrogen-bond acceptors (Lipinski definition) is 12. The Labute approximate surface area is 400 Å². The fourth-order valence-corrected chi connectivity index (χ4v) is 10.4. The van der Waals surface area contributed by atoms with E-state index in [1.165, 1.54) is 12.0 Å². The Kier molecular flexibility index (Phi) is 21.7. The van der Waals surface area contributed by atoms with Crippen LogP contribution in [0.3, 0.4) is 0 Å². The number of esters is 1. The molecule has 0 aromatic carbocycles. The van der Waals surface area contributed by atoms with Crippen LogP contribution in [0.4, 0.5) is 0 Å². The first kappa shape index (κ1) is 55.7. The zero-order chi connectivity index (χ0) is 49.6. The lowest BCUT2D eigenvalue weighted by Crippen LogP contribution is -2.61. The fraction of sp³-hybridized carbons (Fsp3) is 0.722. The summed E-state index contributed by atoms with van der Waals surface area (Å²) in [6, 6.07) is -1.13. The van der Waals surface area contributed by atoms with Crippen molar-refractivity contribution in [2.24, 2.45) is 41.4 Å². The van der Waals surface area contributed by atoms with Crippen LogP contribution in [0.25, 0.3) is 0 Å². The minimum atomic E-state index is -2.45. The van der Waals surface area contributed by atoms with Crippen LogP contribution in [0, 0.1) is 53.5 Å². The molecule has 15 atom stereocenters. The monoisotopic (exact) mass is 936 g/mol. The standard InChI is InChI=1S/C54H81NO12/c1-12-26-65-46-31-42-24-22-40(9)54(62,67-42)51(59)52(60)55-25-17-16-20-43(55)53(61)66-47(37(6)29-41-23-21-35(4)45(30-41)63-10)32-44(56)36(5)28-39(8)49(58)50(64-11)48(57)38(7)27-33(2)18-14-13-15-19-34(46)3/h13-15,18-19,28,33,35,37-43,45-47,49-50,58,62H,16-17,20-25,27,29-32H2,1-11H3/t33?,35?,37?,38-,39?,40-,41?,42?,43+,45?,46?,47?,49?,50?,54?/m1/s1. The smallest absolute Gasteiger partial charge is 0.329 e. The minimum Gasteiger partial charge on any atom is -0.460 e. The lowest BCUT2D eigenvalue weighted by atomic mass is 9.76. The second-order valence-electron chi connectivity index (χ2n) is 20.2. The van der Waals surface area contributed by atoms with Crippen molar-refractivity contribution < 1.29 is 57.9 Å². The molecule has 374 valence electrons. The molecule has 2 saturated heterocycles. The van der Waals surface area contributed by atoms with E-state index in [0.717, 1.165) is 24.8 Å². The van der Waals surface area contributed by atoms with Gasteiger partial charge < -0.3 is 38.8 Å². The number of ether oxygens (including phenoxy) is 5. The molecule has 0 aromatic rings. The van der Waals surface area contributed by atoms with Crippen LogP contribution in [0.5, 0.6) is 0 Å². The summed E-state index contributed by atoms with van der Waals surface area (Å²) in [5, 5.41) is 23.5. The Morgan fingerprint density at radius 3 is 2.33 bits per heavy atom. The summed E-state index contributed by atoms with van der Waals surface area (Å²) >= 11 is 0. The highest BCUT2D eigenvalue weighted by molar-refractivity contribution is 6.39. The van der Waals surface area contributed by atoms with Crippen LogP contribution in [0.2, 0.25) is 0 Å². The number of ketones is 3. The molecule has 1 saturated carbocycles. The first-order valence-electron chi connectivity index (χ1n) is 24.8. The van der Waals surface area contributed by atoms with E-state index in [-0.39, 0.29) is 61.2 Å². The van der Waals surface area contributed by atoms with Crippen LogP contribution in [0.15, 0.2) is 47.6 Å². The van der Waals surface area contributed by atoms with Crippen molar-refractivity contribution in [2.75, 3.05) is 20.8 Å². The number of allylic oxidation sites excluding steroid dienone is 6. The van der Waals surface area contributed by atoms with Crippen molar-refractivity contribution in [3.05, 3.63) is 47.6 Å². The lowest BCUT2D eigenvalue weighted by molar-refractivity contribution is -0.265. The van der Waals surface area contributed by atoms with Gasteiger partial charge in [0.15, 0.2) is 11.6 Å². The second kappa shape index (κ2) is 26.2. The molecule has 13 heteroatoms. The third-order valence-electron chi connectivity index (χ3n) is 14.9. The van der Waals surface area contributed by atoms with Crippen molar-refractivity contribution in [1.82, 2.24) is 4.90 Å². The molecule has 2 bridgehead atoms.